The molecule has 2 heterocycles. The molecule has 96 valence electrons. The van der Waals surface area contributed by atoms with Crippen molar-refractivity contribution in [3.05, 3.63) is 65.4 Å². The Morgan fingerprint density at radius 2 is 2.11 bits per heavy atom. The zero-order valence-electron chi connectivity index (χ0n) is 10.3. The highest BCUT2D eigenvalue weighted by Crippen LogP contribution is 2.29. The summed E-state index contributed by atoms with van der Waals surface area (Å²) in [6, 6.07) is 9.90. The number of para-hydroxylation sites is 1. The van der Waals surface area contributed by atoms with Gasteiger partial charge in [0.2, 0.25) is 0 Å². The Kier molecular flexibility index (Phi) is 2.80. The number of benzene rings is 1. The summed E-state index contributed by atoms with van der Waals surface area (Å²) in [5, 5.41) is 10.9. The third-order valence-corrected chi connectivity index (χ3v) is 3.03. The fourth-order valence-corrected chi connectivity index (χ4v) is 1.99. The molecule has 0 aliphatic heterocycles. The zero-order valence-corrected chi connectivity index (χ0v) is 10.3. The van der Waals surface area contributed by atoms with Crippen molar-refractivity contribution in [2.45, 2.75) is 13.0 Å². The molecular formula is C15H12FNO2. The second-order valence-electron chi connectivity index (χ2n) is 4.44. The van der Waals surface area contributed by atoms with Gasteiger partial charge in [-0.2, -0.15) is 0 Å². The fraction of sp³-hybridized carbons (Fsp3) is 0.133. The van der Waals surface area contributed by atoms with Crippen LogP contribution in [0.15, 0.2) is 47.0 Å². The number of aliphatic hydroxyl groups is 1. The average molecular weight is 257 g/mol. The molecule has 0 aliphatic rings. The summed E-state index contributed by atoms with van der Waals surface area (Å²) in [5.74, 6) is -0.122. The van der Waals surface area contributed by atoms with Crippen LogP contribution in [0.5, 0.6) is 0 Å². The van der Waals surface area contributed by atoms with Gasteiger partial charge in [0.25, 0.3) is 0 Å². The molecule has 1 aromatic carbocycles. The highest BCUT2D eigenvalue weighted by Gasteiger charge is 2.17. The summed E-state index contributed by atoms with van der Waals surface area (Å²) in [6.45, 7) is 1.87. The summed E-state index contributed by atoms with van der Waals surface area (Å²) in [6.07, 6.45) is 0.642. The van der Waals surface area contributed by atoms with E-state index in [-0.39, 0.29) is 5.58 Å². The molecule has 2 aromatic heterocycles. The quantitative estimate of drug-likeness (QED) is 0.765. The molecule has 0 radical (unpaired) electrons. The lowest BCUT2D eigenvalue weighted by molar-refractivity contribution is 0.191. The standard InChI is InChI=1S/C15H12FNO2/c1-9-5-6-11(8-17-9)14(18)13-7-10-3-2-4-12(16)15(10)19-13/h2-8,14,18H,1H3. The molecule has 1 unspecified atom stereocenters. The number of aryl methyl sites for hydroxylation is 1. The predicted octanol–water partition coefficient (Wildman–Crippen LogP) is 3.36. The smallest absolute Gasteiger partial charge is 0.170 e. The first kappa shape index (κ1) is 11.9. The number of furan rings is 1. The Bertz CT molecular complexity index is 719. The first-order valence-electron chi connectivity index (χ1n) is 5.94. The van der Waals surface area contributed by atoms with Crippen LogP contribution < -0.4 is 0 Å². The van der Waals surface area contributed by atoms with E-state index in [4.69, 9.17) is 4.42 Å². The second kappa shape index (κ2) is 4.48. The summed E-state index contributed by atoms with van der Waals surface area (Å²) in [4.78, 5) is 4.12. The van der Waals surface area contributed by atoms with Gasteiger partial charge in [-0.05, 0) is 25.1 Å². The van der Waals surface area contributed by atoms with Crippen molar-refractivity contribution in [1.29, 1.82) is 0 Å². The molecule has 0 aliphatic carbocycles. The van der Waals surface area contributed by atoms with Crippen LogP contribution in [0, 0.1) is 12.7 Å². The molecule has 1 N–H and O–H groups in total. The fourth-order valence-electron chi connectivity index (χ4n) is 1.99. The minimum Gasteiger partial charge on any atom is -0.455 e. The van der Waals surface area contributed by atoms with E-state index in [0.29, 0.717) is 16.7 Å². The normalized spacial score (nSPS) is 12.8. The van der Waals surface area contributed by atoms with Gasteiger partial charge in [0, 0.05) is 22.8 Å². The van der Waals surface area contributed by atoms with E-state index in [2.05, 4.69) is 4.98 Å². The molecule has 0 saturated carbocycles. The van der Waals surface area contributed by atoms with E-state index in [1.54, 1.807) is 30.5 Å². The van der Waals surface area contributed by atoms with Crippen LogP contribution in [-0.2, 0) is 0 Å². The first-order chi connectivity index (χ1) is 9.15. The van der Waals surface area contributed by atoms with E-state index in [1.165, 1.54) is 6.07 Å². The van der Waals surface area contributed by atoms with Crippen molar-refractivity contribution in [3.63, 3.8) is 0 Å². The maximum absolute atomic E-state index is 13.5. The lowest BCUT2D eigenvalue weighted by Crippen LogP contribution is -1.98. The van der Waals surface area contributed by atoms with Gasteiger partial charge in [0.05, 0.1) is 0 Å². The molecule has 4 heteroatoms. The van der Waals surface area contributed by atoms with E-state index >= 15 is 0 Å². The van der Waals surface area contributed by atoms with E-state index in [1.807, 2.05) is 13.0 Å². The van der Waals surface area contributed by atoms with E-state index in [0.717, 1.165) is 5.69 Å². The van der Waals surface area contributed by atoms with Crippen LogP contribution in [0.4, 0.5) is 4.39 Å². The number of nitrogens with zero attached hydrogens (tertiary/aromatic N) is 1. The first-order valence-corrected chi connectivity index (χ1v) is 5.94. The number of hydrogen-bond donors (Lipinski definition) is 1. The van der Waals surface area contributed by atoms with Crippen molar-refractivity contribution in [1.82, 2.24) is 4.98 Å². The van der Waals surface area contributed by atoms with Crippen LogP contribution in [-0.4, -0.2) is 10.1 Å². The minimum atomic E-state index is -0.945. The number of aromatic nitrogens is 1. The third kappa shape index (κ3) is 2.11. The Balaban J connectivity index is 2.04. The Morgan fingerprint density at radius 3 is 2.79 bits per heavy atom. The molecule has 3 rings (SSSR count). The molecule has 0 spiro atoms. The lowest BCUT2D eigenvalue weighted by Gasteiger charge is -2.07. The average Bonchev–Trinajstić information content (AvgIpc) is 2.84. The Hall–Kier alpha value is -2.20. The molecule has 19 heavy (non-hydrogen) atoms. The number of fused-ring (bicyclic) bond motifs is 1. The number of aliphatic hydroxyl groups excluding tert-OH is 1. The van der Waals surface area contributed by atoms with Crippen LogP contribution in [0.3, 0.4) is 0 Å². The van der Waals surface area contributed by atoms with Gasteiger partial charge < -0.3 is 9.52 Å². The van der Waals surface area contributed by atoms with Gasteiger partial charge >= 0.3 is 0 Å². The Labute approximate surface area is 109 Å². The predicted molar refractivity (Wildman–Crippen MR) is 69.2 cm³/mol. The van der Waals surface area contributed by atoms with Crippen molar-refractivity contribution in [2.75, 3.05) is 0 Å². The highest BCUT2D eigenvalue weighted by atomic mass is 19.1. The monoisotopic (exact) mass is 257 g/mol. The summed E-state index contributed by atoms with van der Waals surface area (Å²) >= 11 is 0. The van der Waals surface area contributed by atoms with Gasteiger partial charge in [-0.25, -0.2) is 4.39 Å². The van der Waals surface area contributed by atoms with Crippen LogP contribution in [0.25, 0.3) is 11.0 Å². The van der Waals surface area contributed by atoms with Crippen LogP contribution >= 0.6 is 0 Å². The van der Waals surface area contributed by atoms with Gasteiger partial charge in [-0.3, -0.25) is 4.98 Å². The van der Waals surface area contributed by atoms with Gasteiger partial charge in [0.15, 0.2) is 11.4 Å². The van der Waals surface area contributed by atoms with Crippen molar-refractivity contribution in [2.24, 2.45) is 0 Å². The molecule has 1 atom stereocenters. The molecular weight excluding hydrogens is 245 g/mol. The topological polar surface area (TPSA) is 46.3 Å². The summed E-state index contributed by atoms with van der Waals surface area (Å²) in [5.41, 5.74) is 1.65. The minimum absolute atomic E-state index is 0.164. The van der Waals surface area contributed by atoms with Gasteiger partial charge in [-0.15, -0.1) is 0 Å². The number of pyridine rings is 1. The summed E-state index contributed by atoms with van der Waals surface area (Å²) < 4.78 is 18.9. The second-order valence-corrected chi connectivity index (χ2v) is 4.44. The Morgan fingerprint density at radius 1 is 1.26 bits per heavy atom. The van der Waals surface area contributed by atoms with Crippen molar-refractivity contribution >= 4 is 11.0 Å². The maximum atomic E-state index is 13.5. The van der Waals surface area contributed by atoms with E-state index in [9.17, 15) is 9.50 Å². The van der Waals surface area contributed by atoms with Crippen LogP contribution in [0.1, 0.15) is 23.1 Å². The van der Waals surface area contributed by atoms with Gasteiger partial charge in [0.1, 0.15) is 11.9 Å². The van der Waals surface area contributed by atoms with E-state index < -0.39 is 11.9 Å². The molecule has 0 amide bonds. The van der Waals surface area contributed by atoms with Gasteiger partial charge in [-0.1, -0.05) is 18.2 Å². The molecule has 0 saturated heterocycles. The maximum Gasteiger partial charge on any atom is 0.170 e. The zero-order chi connectivity index (χ0) is 13.4. The molecule has 3 nitrogen and oxygen atoms in total. The highest BCUT2D eigenvalue weighted by molar-refractivity contribution is 5.78. The number of rotatable bonds is 2. The summed E-state index contributed by atoms with van der Waals surface area (Å²) in [7, 11) is 0. The van der Waals surface area contributed by atoms with Crippen molar-refractivity contribution < 1.29 is 13.9 Å². The van der Waals surface area contributed by atoms with Crippen LogP contribution in [0.2, 0.25) is 0 Å². The molecule has 0 bridgehead atoms. The third-order valence-electron chi connectivity index (χ3n) is 3.03. The van der Waals surface area contributed by atoms with Crippen molar-refractivity contribution in [3.8, 4) is 0 Å². The lowest BCUT2D eigenvalue weighted by atomic mass is 10.1. The SMILES string of the molecule is Cc1ccc(C(O)c2cc3cccc(F)c3o2)cn1. The number of halogens is 1. The largest absolute Gasteiger partial charge is 0.455 e. The molecule has 0 fully saturated rings. The number of hydrogen-bond acceptors (Lipinski definition) is 3. The molecule has 3 aromatic rings.